The smallest absolute Gasteiger partial charge is 0.270 e. The van der Waals surface area contributed by atoms with Crippen molar-refractivity contribution in [3.05, 3.63) is 53.2 Å². The van der Waals surface area contributed by atoms with Gasteiger partial charge in [0, 0.05) is 83.2 Å². The first kappa shape index (κ1) is 27.4. The number of likely N-dealkylation sites (tertiary alicyclic amines) is 1. The number of β-amino-alcohol motifs (C(OH)–C–C–N with tert-alkyl or cyclic N) is 1. The first-order chi connectivity index (χ1) is 19.0. The van der Waals surface area contributed by atoms with Crippen LogP contribution in [-0.4, -0.2) is 115 Å². The molecule has 5 rings (SSSR count). The number of aromatic nitrogens is 1. The van der Waals surface area contributed by atoms with Crippen molar-refractivity contribution < 1.29 is 14.7 Å². The van der Waals surface area contributed by atoms with Gasteiger partial charge in [0.25, 0.3) is 5.91 Å². The predicted molar refractivity (Wildman–Crippen MR) is 152 cm³/mol. The SMILES string of the molecule is CN1CCN(c2cc(NC3CCN(C=O)CC3)cc(C(=O)NCC(O)CN3CCc4ccccc4C3)n2)CC1. The first-order valence-corrected chi connectivity index (χ1v) is 14.1. The van der Waals surface area contributed by atoms with E-state index in [-0.39, 0.29) is 18.5 Å². The van der Waals surface area contributed by atoms with E-state index in [9.17, 15) is 14.7 Å². The summed E-state index contributed by atoms with van der Waals surface area (Å²) in [5, 5.41) is 17.2. The number of hydrogen-bond donors (Lipinski definition) is 3. The second-order valence-electron chi connectivity index (χ2n) is 11.1. The second kappa shape index (κ2) is 12.8. The van der Waals surface area contributed by atoms with Crippen molar-refractivity contribution in [2.45, 2.75) is 38.0 Å². The van der Waals surface area contributed by atoms with Gasteiger partial charge >= 0.3 is 0 Å². The van der Waals surface area contributed by atoms with Crippen LogP contribution in [0.5, 0.6) is 0 Å². The molecule has 3 aliphatic rings. The number of hydrogen-bond acceptors (Lipinski definition) is 8. The molecular formula is C29H41N7O3. The minimum Gasteiger partial charge on any atom is -0.390 e. The maximum Gasteiger partial charge on any atom is 0.270 e. The number of aliphatic hydroxyl groups excluding tert-OH is 1. The number of likely N-dealkylation sites (N-methyl/N-ethyl adjacent to an activating group) is 1. The molecule has 10 nitrogen and oxygen atoms in total. The van der Waals surface area contributed by atoms with Crippen molar-refractivity contribution in [1.82, 2.24) is 25.0 Å². The molecule has 2 fully saturated rings. The number of anilines is 2. The van der Waals surface area contributed by atoms with Crippen LogP contribution in [0.1, 0.15) is 34.5 Å². The number of carbonyl (C=O) groups excluding carboxylic acids is 2. The summed E-state index contributed by atoms with van der Waals surface area (Å²) in [4.78, 5) is 37.6. The van der Waals surface area contributed by atoms with E-state index < -0.39 is 6.10 Å². The molecular weight excluding hydrogens is 494 g/mol. The number of amides is 2. The number of piperazine rings is 1. The molecule has 1 aromatic carbocycles. The van der Waals surface area contributed by atoms with E-state index in [2.05, 4.69) is 56.6 Å². The number of benzene rings is 1. The van der Waals surface area contributed by atoms with Gasteiger partial charge in [0.1, 0.15) is 11.5 Å². The van der Waals surface area contributed by atoms with Gasteiger partial charge in [0.2, 0.25) is 6.41 Å². The third-order valence-corrected chi connectivity index (χ3v) is 8.10. The number of nitrogens with one attached hydrogen (secondary N) is 2. The van der Waals surface area contributed by atoms with Crippen LogP contribution < -0.4 is 15.5 Å². The Morgan fingerprint density at radius 2 is 1.82 bits per heavy atom. The third-order valence-electron chi connectivity index (χ3n) is 8.10. The first-order valence-electron chi connectivity index (χ1n) is 14.1. The summed E-state index contributed by atoms with van der Waals surface area (Å²) in [5.74, 6) is 0.504. The Kier molecular flexibility index (Phi) is 8.95. The maximum atomic E-state index is 13.2. The van der Waals surface area contributed by atoms with Crippen LogP contribution >= 0.6 is 0 Å². The van der Waals surface area contributed by atoms with Crippen LogP contribution in [0.2, 0.25) is 0 Å². The fourth-order valence-electron chi connectivity index (χ4n) is 5.67. The van der Waals surface area contributed by atoms with Crippen LogP contribution in [0.4, 0.5) is 11.5 Å². The van der Waals surface area contributed by atoms with Crippen molar-refractivity contribution in [2.75, 3.05) is 76.2 Å². The van der Waals surface area contributed by atoms with Gasteiger partial charge in [0.05, 0.1) is 6.10 Å². The van der Waals surface area contributed by atoms with Gasteiger partial charge in [-0.15, -0.1) is 0 Å². The Hall–Kier alpha value is -3.21. The minimum atomic E-state index is -0.666. The second-order valence-corrected chi connectivity index (χ2v) is 11.1. The van der Waals surface area contributed by atoms with Crippen LogP contribution in [-0.2, 0) is 17.8 Å². The fraction of sp³-hybridized carbons (Fsp3) is 0.552. The number of fused-ring (bicyclic) bond motifs is 1. The summed E-state index contributed by atoms with van der Waals surface area (Å²) in [5.41, 5.74) is 3.89. The Bertz CT molecular complexity index is 1130. The van der Waals surface area contributed by atoms with Crippen molar-refractivity contribution in [1.29, 1.82) is 0 Å². The van der Waals surface area contributed by atoms with Gasteiger partial charge in [-0.05, 0) is 43.5 Å². The molecule has 0 spiro atoms. The molecule has 0 saturated carbocycles. The lowest BCUT2D eigenvalue weighted by Crippen LogP contribution is -2.45. The minimum absolute atomic E-state index is 0.171. The molecule has 1 atom stereocenters. The normalized spacial score (nSPS) is 19.8. The van der Waals surface area contributed by atoms with Gasteiger partial charge < -0.3 is 30.4 Å². The standard InChI is InChI=1S/C29H41N7O3/c1-33-12-14-36(15-13-33)28-17-25(31-24-7-10-34(21-37)11-8-24)16-27(32-28)29(39)30-18-26(38)20-35-9-6-22-4-2-3-5-23(22)19-35/h2-5,16-17,21,24,26,38H,6-15,18-20H2,1H3,(H,30,39)(H,31,32). The highest BCUT2D eigenvalue weighted by Gasteiger charge is 2.23. The largest absolute Gasteiger partial charge is 0.390 e. The number of piperidine rings is 1. The van der Waals surface area contributed by atoms with Crippen LogP contribution in [0, 0.1) is 0 Å². The van der Waals surface area contributed by atoms with Crippen molar-refractivity contribution in [3.63, 3.8) is 0 Å². The molecule has 1 unspecified atom stereocenters. The predicted octanol–water partition coefficient (Wildman–Crippen LogP) is 1.02. The molecule has 2 saturated heterocycles. The molecule has 3 aliphatic heterocycles. The Balaban J connectivity index is 1.21. The van der Waals surface area contributed by atoms with E-state index in [0.29, 0.717) is 12.2 Å². The summed E-state index contributed by atoms with van der Waals surface area (Å²) in [6.07, 6.45) is 2.94. The topological polar surface area (TPSA) is 104 Å². The zero-order valence-electron chi connectivity index (χ0n) is 22.9. The van der Waals surface area contributed by atoms with Crippen LogP contribution in [0.3, 0.4) is 0 Å². The quantitative estimate of drug-likeness (QED) is 0.409. The van der Waals surface area contributed by atoms with E-state index in [1.807, 2.05) is 6.07 Å². The van der Waals surface area contributed by atoms with Gasteiger partial charge in [-0.1, -0.05) is 24.3 Å². The van der Waals surface area contributed by atoms with Crippen molar-refractivity contribution in [3.8, 4) is 0 Å². The average Bonchev–Trinajstić information content (AvgIpc) is 2.96. The fourth-order valence-corrected chi connectivity index (χ4v) is 5.67. The van der Waals surface area contributed by atoms with Crippen LogP contribution in [0.25, 0.3) is 0 Å². The number of aliphatic hydroxyl groups is 1. The monoisotopic (exact) mass is 535 g/mol. The number of pyridine rings is 1. The zero-order valence-corrected chi connectivity index (χ0v) is 22.9. The lowest BCUT2D eigenvalue weighted by Gasteiger charge is -2.34. The highest BCUT2D eigenvalue weighted by Crippen LogP contribution is 2.23. The highest BCUT2D eigenvalue weighted by molar-refractivity contribution is 5.93. The molecule has 39 heavy (non-hydrogen) atoms. The molecule has 210 valence electrons. The van der Waals surface area contributed by atoms with Crippen molar-refractivity contribution >= 4 is 23.8 Å². The Labute approximate surface area is 231 Å². The van der Waals surface area contributed by atoms with Gasteiger partial charge in [-0.25, -0.2) is 4.98 Å². The van der Waals surface area contributed by atoms with E-state index in [4.69, 9.17) is 4.98 Å². The van der Waals surface area contributed by atoms with Crippen molar-refractivity contribution in [2.24, 2.45) is 0 Å². The van der Waals surface area contributed by atoms with Gasteiger partial charge in [-0.2, -0.15) is 0 Å². The molecule has 1 aromatic heterocycles. The van der Waals surface area contributed by atoms with Gasteiger partial charge in [0.15, 0.2) is 0 Å². The highest BCUT2D eigenvalue weighted by atomic mass is 16.3. The Morgan fingerprint density at radius 3 is 2.56 bits per heavy atom. The lowest BCUT2D eigenvalue weighted by molar-refractivity contribution is -0.118. The van der Waals surface area contributed by atoms with E-state index >= 15 is 0 Å². The molecule has 10 heteroatoms. The molecule has 4 heterocycles. The molecule has 3 N–H and O–H groups in total. The van der Waals surface area contributed by atoms with E-state index in [0.717, 1.165) is 89.5 Å². The molecule has 0 aliphatic carbocycles. The average molecular weight is 536 g/mol. The molecule has 0 radical (unpaired) electrons. The summed E-state index contributed by atoms with van der Waals surface area (Å²) in [6.45, 7) is 7.44. The third kappa shape index (κ3) is 7.26. The van der Waals surface area contributed by atoms with E-state index in [1.165, 1.54) is 11.1 Å². The number of carbonyl (C=O) groups is 2. The summed E-state index contributed by atoms with van der Waals surface area (Å²) < 4.78 is 0. The molecule has 0 bridgehead atoms. The van der Waals surface area contributed by atoms with Crippen LogP contribution in [0.15, 0.2) is 36.4 Å². The van der Waals surface area contributed by atoms with E-state index in [1.54, 1.807) is 11.0 Å². The lowest BCUT2D eigenvalue weighted by atomic mass is 10.00. The number of nitrogens with zero attached hydrogens (tertiary/aromatic N) is 5. The Morgan fingerprint density at radius 1 is 1.08 bits per heavy atom. The number of rotatable bonds is 9. The molecule has 2 amide bonds. The zero-order chi connectivity index (χ0) is 27.2. The maximum absolute atomic E-state index is 13.2. The molecule has 2 aromatic rings. The van der Waals surface area contributed by atoms with Gasteiger partial charge in [-0.3, -0.25) is 14.5 Å². The summed E-state index contributed by atoms with van der Waals surface area (Å²) in [6, 6.07) is 12.5. The summed E-state index contributed by atoms with van der Waals surface area (Å²) in [7, 11) is 2.11. The summed E-state index contributed by atoms with van der Waals surface area (Å²) >= 11 is 0.